The molecule has 3 aliphatic rings. The maximum Gasteiger partial charge on any atom is 0.186 e. The van der Waals surface area contributed by atoms with Crippen LogP contribution in [0, 0.1) is 5.92 Å². The zero-order valence-corrected chi connectivity index (χ0v) is 13.3. The summed E-state index contributed by atoms with van der Waals surface area (Å²) in [5, 5.41) is 58.8. The van der Waals surface area contributed by atoms with Gasteiger partial charge in [-0.05, 0) is 12.8 Å². The first kappa shape index (κ1) is 18.4. The molecule has 6 N–H and O–H groups in total. The normalized spacial score (nSPS) is 51.2. The summed E-state index contributed by atoms with van der Waals surface area (Å²) in [6, 6.07) is 0. The number of hydrogen-bond acceptors (Lipinski definition) is 9. The van der Waals surface area contributed by atoms with E-state index in [2.05, 4.69) is 0 Å². The smallest absolute Gasteiger partial charge is 0.186 e. The van der Waals surface area contributed by atoms with Crippen LogP contribution in [-0.4, -0.2) is 99.0 Å². The lowest BCUT2D eigenvalue weighted by molar-refractivity contribution is -0.303. The predicted molar refractivity (Wildman–Crippen MR) is 77.8 cm³/mol. The molecule has 9 nitrogen and oxygen atoms in total. The maximum atomic E-state index is 10.7. The molecule has 1 aliphatic carbocycles. The molecule has 140 valence electrons. The van der Waals surface area contributed by atoms with Crippen LogP contribution in [0.4, 0.5) is 0 Å². The highest BCUT2D eigenvalue weighted by molar-refractivity contribution is 5.14. The first-order valence-corrected chi connectivity index (χ1v) is 8.28. The Balaban J connectivity index is 1.58. The van der Waals surface area contributed by atoms with Crippen molar-refractivity contribution in [2.75, 3.05) is 26.4 Å². The number of hydrogen-bond donors (Lipinski definition) is 6. The van der Waals surface area contributed by atoms with Crippen LogP contribution in [-0.2, 0) is 14.2 Å². The van der Waals surface area contributed by atoms with Gasteiger partial charge in [0.25, 0.3) is 0 Å². The SMILES string of the molecule is OC[C@H]1O[C@@H](OCC[C@]23CC[C@H](CO2)[C@]3(O)CO)[C@H](O)[C@H](O)[C@@H]1O. The van der Waals surface area contributed by atoms with Gasteiger partial charge < -0.3 is 44.8 Å². The molecule has 1 saturated carbocycles. The molecule has 0 amide bonds. The van der Waals surface area contributed by atoms with Crippen LogP contribution in [0.3, 0.4) is 0 Å². The minimum absolute atomic E-state index is 0.0533. The van der Waals surface area contributed by atoms with E-state index in [1.54, 1.807) is 0 Å². The molecule has 8 atom stereocenters. The van der Waals surface area contributed by atoms with Crippen LogP contribution in [0.5, 0.6) is 0 Å². The van der Waals surface area contributed by atoms with Gasteiger partial charge in [0.05, 0.1) is 26.4 Å². The summed E-state index contributed by atoms with van der Waals surface area (Å²) in [6.07, 6.45) is -4.97. The third-order valence-electron chi connectivity index (χ3n) is 5.80. The van der Waals surface area contributed by atoms with Gasteiger partial charge in [-0.3, -0.25) is 0 Å². The Hall–Kier alpha value is -0.360. The number of aliphatic hydroxyl groups is 6. The van der Waals surface area contributed by atoms with Crippen molar-refractivity contribution in [3.05, 3.63) is 0 Å². The summed E-state index contributed by atoms with van der Waals surface area (Å²) in [4.78, 5) is 0. The molecule has 2 bridgehead atoms. The van der Waals surface area contributed by atoms with Crippen molar-refractivity contribution in [2.45, 2.75) is 61.2 Å². The minimum Gasteiger partial charge on any atom is -0.394 e. The first-order chi connectivity index (χ1) is 11.4. The van der Waals surface area contributed by atoms with Gasteiger partial charge in [-0.2, -0.15) is 0 Å². The Morgan fingerprint density at radius 2 is 1.83 bits per heavy atom. The molecule has 0 aromatic heterocycles. The Labute approximate surface area is 139 Å². The summed E-state index contributed by atoms with van der Waals surface area (Å²) in [6.45, 7) is -0.476. The first-order valence-electron chi connectivity index (χ1n) is 8.28. The monoisotopic (exact) mass is 350 g/mol. The van der Waals surface area contributed by atoms with Gasteiger partial charge in [0, 0.05) is 12.3 Å². The minimum atomic E-state index is -1.49. The largest absolute Gasteiger partial charge is 0.394 e. The molecule has 3 fully saturated rings. The van der Waals surface area contributed by atoms with E-state index in [1.165, 1.54) is 0 Å². The van der Waals surface area contributed by atoms with Crippen molar-refractivity contribution in [1.29, 1.82) is 0 Å². The third kappa shape index (κ3) is 2.68. The highest BCUT2D eigenvalue weighted by atomic mass is 16.7. The number of ether oxygens (including phenoxy) is 3. The number of rotatable bonds is 6. The van der Waals surface area contributed by atoms with Gasteiger partial charge in [-0.15, -0.1) is 0 Å². The van der Waals surface area contributed by atoms with Gasteiger partial charge in [-0.25, -0.2) is 0 Å². The Bertz CT molecular complexity index is 437. The average molecular weight is 350 g/mol. The fourth-order valence-corrected chi connectivity index (χ4v) is 4.14. The van der Waals surface area contributed by atoms with E-state index in [4.69, 9.17) is 19.3 Å². The van der Waals surface area contributed by atoms with E-state index in [0.717, 1.165) is 6.42 Å². The molecule has 9 heteroatoms. The molecule has 24 heavy (non-hydrogen) atoms. The zero-order chi connectivity index (χ0) is 17.5. The van der Waals surface area contributed by atoms with Gasteiger partial charge in [0.15, 0.2) is 6.29 Å². The topological polar surface area (TPSA) is 149 Å². The molecule has 0 unspecified atom stereocenters. The Morgan fingerprint density at radius 1 is 1.08 bits per heavy atom. The second-order valence-electron chi connectivity index (χ2n) is 6.94. The van der Waals surface area contributed by atoms with Gasteiger partial charge in [-0.1, -0.05) is 0 Å². The van der Waals surface area contributed by atoms with E-state index in [-0.39, 0.29) is 18.9 Å². The lowest BCUT2D eigenvalue weighted by Crippen LogP contribution is -2.59. The van der Waals surface area contributed by atoms with Crippen molar-refractivity contribution in [3.8, 4) is 0 Å². The van der Waals surface area contributed by atoms with E-state index in [9.17, 15) is 25.5 Å². The average Bonchev–Trinajstić information content (AvgIpc) is 3.02. The second kappa shape index (κ2) is 6.75. The van der Waals surface area contributed by atoms with Crippen LogP contribution >= 0.6 is 0 Å². The van der Waals surface area contributed by atoms with Gasteiger partial charge >= 0.3 is 0 Å². The van der Waals surface area contributed by atoms with E-state index >= 15 is 0 Å². The molecule has 0 radical (unpaired) electrons. The molecular weight excluding hydrogens is 324 g/mol. The standard InChI is InChI=1S/C15H26O9/c16-5-9-10(18)11(19)12(20)13(24-9)22-4-3-14-2-1-8(6-23-14)15(14,21)7-17/h8-13,16-21H,1-7H2/t8-,9-,10-,11-,12-,13-,14+,15-/m1/s1. The van der Waals surface area contributed by atoms with Crippen LogP contribution in [0.15, 0.2) is 0 Å². The summed E-state index contributed by atoms with van der Waals surface area (Å²) in [5.41, 5.74) is -2.19. The predicted octanol–water partition coefficient (Wildman–Crippen LogP) is -2.90. The molecule has 2 saturated heterocycles. The highest BCUT2D eigenvalue weighted by Gasteiger charge is 2.64. The summed E-state index contributed by atoms with van der Waals surface area (Å²) in [5.74, 6) is -0.102. The molecule has 3 rings (SSSR count). The van der Waals surface area contributed by atoms with E-state index < -0.39 is 55.1 Å². The Morgan fingerprint density at radius 3 is 2.42 bits per heavy atom. The fourth-order valence-electron chi connectivity index (χ4n) is 4.14. The van der Waals surface area contributed by atoms with Crippen molar-refractivity contribution >= 4 is 0 Å². The van der Waals surface area contributed by atoms with Crippen LogP contribution in [0.2, 0.25) is 0 Å². The molecule has 2 aliphatic heterocycles. The molecule has 0 spiro atoms. The lowest BCUT2D eigenvalue weighted by atomic mass is 9.82. The summed E-state index contributed by atoms with van der Waals surface area (Å²) < 4.78 is 16.4. The second-order valence-corrected chi connectivity index (χ2v) is 6.94. The van der Waals surface area contributed by atoms with Crippen molar-refractivity contribution in [2.24, 2.45) is 5.92 Å². The quantitative estimate of drug-likeness (QED) is 0.296. The van der Waals surface area contributed by atoms with Gasteiger partial charge in [0.2, 0.25) is 0 Å². The van der Waals surface area contributed by atoms with Crippen molar-refractivity contribution < 1.29 is 44.8 Å². The van der Waals surface area contributed by atoms with Crippen LogP contribution in [0.25, 0.3) is 0 Å². The number of aliphatic hydroxyl groups excluding tert-OH is 5. The Kier molecular flexibility index (Phi) is 5.18. The van der Waals surface area contributed by atoms with E-state index in [1.807, 2.05) is 0 Å². The summed E-state index contributed by atoms with van der Waals surface area (Å²) >= 11 is 0. The van der Waals surface area contributed by atoms with Crippen molar-refractivity contribution in [1.82, 2.24) is 0 Å². The third-order valence-corrected chi connectivity index (χ3v) is 5.80. The zero-order valence-electron chi connectivity index (χ0n) is 13.3. The molecule has 0 aromatic carbocycles. The van der Waals surface area contributed by atoms with E-state index in [0.29, 0.717) is 13.0 Å². The molecule has 0 aromatic rings. The van der Waals surface area contributed by atoms with Crippen molar-refractivity contribution in [3.63, 3.8) is 0 Å². The van der Waals surface area contributed by atoms with Crippen LogP contribution < -0.4 is 0 Å². The lowest BCUT2D eigenvalue weighted by Gasteiger charge is -2.40. The molecular formula is C15H26O9. The van der Waals surface area contributed by atoms with Crippen LogP contribution in [0.1, 0.15) is 19.3 Å². The van der Waals surface area contributed by atoms with Gasteiger partial charge in [0.1, 0.15) is 35.6 Å². The number of fused-ring (bicyclic) bond motifs is 2. The maximum absolute atomic E-state index is 10.7. The summed E-state index contributed by atoms with van der Waals surface area (Å²) in [7, 11) is 0. The highest BCUT2D eigenvalue weighted by Crippen LogP contribution is 2.53. The fraction of sp³-hybridized carbons (Fsp3) is 1.00. The molecule has 2 heterocycles.